The van der Waals surface area contributed by atoms with Crippen molar-refractivity contribution in [2.24, 2.45) is 0 Å². The first-order valence-corrected chi connectivity index (χ1v) is 5.15. The molecular weight excluding hydrogens is 174 g/mol. The van der Waals surface area contributed by atoms with Crippen LogP contribution < -0.4 is 5.32 Å². The molecule has 1 atom stereocenters. The number of rotatable bonds is 5. The van der Waals surface area contributed by atoms with Gasteiger partial charge in [-0.3, -0.25) is 0 Å². The normalized spacial score (nSPS) is 14.8. The van der Waals surface area contributed by atoms with Crippen LogP contribution in [0.5, 0.6) is 0 Å². The smallest absolute Gasteiger partial charge is 0.0791 e. The van der Waals surface area contributed by atoms with Crippen LogP contribution in [0.25, 0.3) is 0 Å². The lowest BCUT2D eigenvalue weighted by molar-refractivity contribution is 0.0637. The summed E-state index contributed by atoms with van der Waals surface area (Å²) in [7, 11) is 0. The summed E-state index contributed by atoms with van der Waals surface area (Å²) >= 11 is 0. The van der Waals surface area contributed by atoms with Gasteiger partial charge in [-0.25, -0.2) is 0 Å². The van der Waals surface area contributed by atoms with Crippen molar-refractivity contribution in [1.29, 1.82) is 0 Å². The molecule has 2 heteroatoms. The maximum atomic E-state index is 9.91. The third kappa shape index (κ3) is 3.79. The molecule has 1 aromatic carbocycles. The third-order valence-electron chi connectivity index (χ3n) is 2.24. The number of para-hydroxylation sites is 1. The van der Waals surface area contributed by atoms with Gasteiger partial charge in [0.25, 0.3) is 0 Å². The highest BCUT2D eigenvalue weighted by molar-refractivity contribution is 5.42. The Labute approximate surface area is 86.0 Å². The van der Waals surface area contributed by atoms with Gasteiger partial charge in [0, 0.05) is 12.2 Å². The van der Waals surface area contributed by atoms with Gasteiger partial charge < -0.3 is 10.4 Å². The van der Waals surface area contributed by atoms with Crippen LogP contribution in [0.2, 0.25) is 0 Å². The van der Waals surface area contributed by atoms with Crippen molar-refractivity contribution in [3.63, 3.8) is 0 Å². The number of benzene rings is 1. The van der Waals surface area contributed by atoms with Crippen LogP contribution in [0.1, 0.15) is 26.7 Å². The predicted octanol–water partition coefficient (Wildman–Crippen LogP) is 2.65. The molecule has 0 aliphatic carbocycles. The number of nitrogens with one attached hydrogen (secondary N) is 1. The maximum Gasteiger partial charge on any atom is 0.0791 e. The second-order valence-electron chi connectivity index (χ2n) is 3.97. The fraction of sp³-hybridized carbons (Fsp3) is 0.500. The zero-order valence-electron chi connectivity index (χ0n) is 8.96. The van der Waals surface area contributed by atoms with E-state index in [1.807, 2.05) is 37.3 Å². The molecule has 0 saturated carbocycles. The minimum Gasteiger partial charge on any atom is -0.388 e. The van der Waals surface area contributed by atoms with Crippen molar-refractivity contribution in [2.75, 3.05) is 11.9 Å². The molecule has 2 nitrogen and oxygen atoms in total. The fourth-order valence-corrected chi connectivity index (χ4v) is 1.48. The minimum atomic E-state index is -0.607. The quantitative estimate of drug-likeness (QED) is 0.753. The first kappa shape index (κ1) is 11.1. The van der Waals surface area contributed by atoms with E-state index in [1.165, 1.54) is 0 Å². The van der Waals surface area contributed by atoms with Crippen LogP contribution in [-0.4, -0.2) is 17.3 Å². The average molecular weight is 193 g/mol. The first-order chi connectivity index (χ1) is 6.64. The van der Waals surface area contributed by atoms with Gasteiger partial charge in [0.2, 0.25) is 0 Å². The zero-order valence-corrected chi connectivity index (χ0v) is 8.96. The molecule has 78 valence electrons. The van der Waals surface area contributed by atoms with E-state index >= 15 is 0 Å². The lowest BCUT2D eigenvalue weighted by Gasteiger charge is -2.23. The van der Waals surface area contributed by atoms with Crippen molar-refractivity contribution >= 4 is 5.69 Å². The number of aliphatic hydroxyl groups is 1. The van der Waals surface area contributed by atoms with Gasteiger partial charge in [0.05, 0.1) is 5.60 Å². The number of anilines is 1. The van der Waals surface area contributed by atoms with Gasteiger partial charge in [-0.2, -0.15) is 0 Å². The maximum absolute atomic E-state index is 9.91. The summed E-state index contributed by atoms with van der Waals surface area (Å²) in [5, 5.41) is 13.1. The molecule has 0 spiro atoms. The Bertz CT molecular complexity index is 256. The summed E-state index contributed by atoms with van der Waals surface area (Å²) in [6.07, 6.45) is 1.83. The minimum absolute atomic E-state index is 0.602. The summed E-state index contributed by atoms with van der Waals surface area (Å²) in [6.45, 7) is 4.55. The Morgan fingerprint density at radius 3 is 2.50 bits per heavy atom. The molecule has 0 bridgehead atoms. The largest absolute Gasteiger partial charge is 0.388 e. The van der Waals surface area contributed by atoms with Crippen LogP contribution >= 0.6 is 0 Å². The van der Waals surface area contributed by atoms with Crippen molar-refractivity contribution in [3.8, 4) is 0 Å². The molecule has 0 radical (unpaired) electrons. The highest BCUT2D eigenvalue weighted by Gasteiger charge is 2.17. The second kappa shape index (κ2) is 5.01. The van der Waals surface area contributed by atoms with Crippen molar-refractivity contribution in [2.45, 2.75) is 32.3 Å². The van der Waals surface area contributed by atoms with Crippen LogP contribution in [0.4, 0.5) is 5.69 Å². The van der Waals surface area contributed by atoms with Crippen LogP contribution in [0, 0.1) is 0 Å². The summed E-state index contributed by atoms with van der Waals surface area (Å²) in [6, 6.07) is 9.95. The number of hydrogen-bond acceptors (Lipinski definition) is 2. The molecule has 2 N–H and O–H groups in total. The molecule has 1 unspecified atom stereocenters. The highest BCUT2D eigenvalue weighted by atomic mass is 16.3. The standard InChI is InChI=1S/C12H19NO/c1-3-9-12(2,14)10-13-11-7-5-4-6-8-11/h4-8,13-14H,3,9-10H2,1-2H3. The lowest BCUT2D eigenvalue weighted by Crippen LogP contribution is -2.33. The summed E-state index contributed by atoms with van der Waals surface area (Å²) in [5.41, 5.74) is 0.453. The van der Waals surface area contributed by atoms with Crippen LogP contribution in [0.3, 0.4) is 0 Å². The summed E-state index contributed by atoms with van der Waals surface area (Å²) < 4.78 is 0. The molecule has 0 amide bonds. The topological polar surface area (TPSA) is 32.3 Å². The van der Waals surface area contributed by atoms with E-state index in [4.69, 9.17) is 0 Å². The van der Waals surface area contributed by atoms with E-state index in [9.17, 15) is 5.11 Å². The van der Waals surface area contributed by atoms with Gasteiger partial charge in [-0.1, -0.05) is 31.5 Å². The molecule has 0 aliphatic heterocycles. The van der Waals surface area contributed by atoms with E-state index in [1.54, 1.807) is 0 Å². The Kier molecular flexibility index (Phi) is 3.96. The fourth-order valence-electron chi connectivity index (χ4n) is 1.48. The lowest BCUT2D eigenvalue weighted by atomic mass is 10.0. The number of hydrogen-bond donors (Lipinski definition) is 2. The van der Waals surface area contributed by atoms with Crippen LogP contribution in [-0.2, 0) is 0 Å². The molecule has 0 saturated heterocycles. The Balaban J connectivity index is 2.40. The van der Waals surface area contributed by atoms with E-state index in [0.29, 0.717) is 6.54 Å². The highest BCUT2D eigenvalue weighted by Crippen LogP contribution is 2.13. The zero-order chi connectivity index (χ0) is 10.4. The van der Waals surface area contributed by atoms with Gasteiger partial charge >= 0.3 is 0 Å². The van der Waals surface area contributed by atoms with Crippen LogP contribution in [0.15, 0.2) is 30.3 Å². The van der Waals surface area contributed by atoms with Crippen molar-refractivity contribution in [1.82, 2.24) is 0 Å². The Hall–Kier alpha value is -1.02. The van der Waals surface area contributed by atoms with Gasteiger partial charge in [0.15, 0.2) is 0 Å². The average Bonchev–Trinajstić information content (AvgIpc) is 2.17. The second-order valence-corrected chi connectivity index (χ2v) is 3.97. The van der Waals surface area contributed by atoms with Gasteiger partial charge in [-0.15, -0.1) is 0 Å². The van der Waals surface area contributed by atoms with Crippen molar-refractivity contribution < 1.29 is 5.11 Å². The Morgan fingerprint density at radius 1 is 1.29 bits per heavy atom. The van der Waals surface area contributed by atoms with E-state index in [0.717, 1.165) is 18.5 Å². The van der Waals surface area contributed by atoms with E-state index in [2.05, 4.69) is 12.2 Å². The molecular formula is C12H19NO. The molecule has 0 heterocycles. The first-order valence-electron chi connectivity index (χ1n) is 5.15. The Morgan fingerprint density at radius 2 is 1.93 bits per heavy atom. The third-order valence-corrected chi connectivity index (χ3v) is 2.24. The predicted molar refractivity (Wildman–Crippen MR) is 60.5 cm³/mol. The molecule has 1 aromatic rings. The molecule has 0 aromatic heterocycles. The van der Waals surface area contributed by atoms with Gasteiger partial charge in [-0.05, 0) is 25.5 Å². The monoisotopic (exact) mass is 193 g/mol. The molecule has 14 heavy (non-hydrogen) atoms. The van der Waals surface area contributed by atoms with Gasteiger partial charge in [0.1, 0.15) is 0 Å². The van der Waals surface area contributed by atoms with E-state index < -0.39 is 5.60 Å². The summed E-state index contributed by atoms with van der Waals surface area (Å²) in [5.74, 6) is 0. The molecule has 0 aliphatic rings. The summed E-state index contributed by atoms with van der Waals surface area (Å²) in [4.78, 5) is 0. The SMILES string of the molecule is CCCC(C)(O)CNc1ccccc1. The van der Waals surface area contributed by atoms with E-state index in [-0.39, 0.29) is 0 Å². The van der Waals surface area contributed by atoms with Crippen molar-refractivity contribution in [3.05, 3.63) is 30.3 Å². The molecule has 0 fully saturated rings. The molecule has 1 rings (SSSR count).